The summed E-state index contributed by atoms with van der Waals surface area (Å²) in [5.41, 5.74) is 5.17. The van der Waals surface area contributed by atoms with E-state index in [-0.39, 0.29) is 22.9 Å². The molecule has 0 bridgehead atoms. The number of nitrogens with zero attached hydrogens (tertiary/aromatic N) is 2. The highest BCUT2D eigenvalue weighted by Gasteiger charge is 2.48. The number of rotatable bonds is 3. The second-order valence-electron chi connectivity index (χ2n) is 11.5. The van der Waals surface area contributed by atoms with E-state index in [2.05, 4.69) is 20.8 Å². The Kier molecular flexibility index (Phi) is 5.88. The van der Waals surface area contributed by atoms with Crippen LogP contribution in [0, 0.1) is 6.92 Å². The molecule has 2 aliphatic rings. The van der Waals surface area contributed by atoms with Crippen LogP contribution in [-0.4, -0.2) is 27.9 Å². The van der Waals surface area contributed by atoms with E-state index in [4.69, 9.17) is 9.72 Å². The number of aryl methyl sites for hydroxylation is 1. The molecule has 0 spiro atoms. The van der Waals surface area contributed by atoms with Gasteiger partial charge in [0, 0.05) is 12.0 Å². The summed E-state index contributed by atoms with van der Waals surface area (Å²) >= 11 is 1.37. The van der Waals surface area contributed by atoms with Gasteiger partial charge < -0.3 is 9.84 Å². The smallest absolute Gasteiger partial charge is 0.301 e. The molecule has 0 aliphatic carbocycles. The number of hydrogen-bond donors (Lipinski definition) is 1. The number of thiazole rings is 1. The Hall–Kier alpha value is -3.97. The first-order chi connectivity index (χ1) is 18.5. The summed E-state index contributed by atoms with van der Waals surface area (Å²) in [5, 5.41) is 12.0. The van der Waals surface area contributed by atoms with Gasteiger partial charge in [0.15, 0.2) is 5.13 Å². The van der Waals surface area contributed by atoms with Crippen LogP contribution in [0.1, 0.15) is 61.6 Å². The van der Waals surface area contributed by atoms with Crippen molar-refractivity contribution in [3.05, 3.63) is 94.1 Å². The van der Waals surface area contributed by atoms with E-state index in [1.807, 2.05) is 68.4 Å². The molecule has 1 aromatic heterocycles. The van der Waals surface area contributed by atoms with Crippen molar-refractivity contribution in [2.45, 2.75) is 58.6 Å². The number of aliphatic hydroxyl groups is 1. The average molecular weight is 539 g/mol. The molecule has 6 rings (SSSR count). The molecule has 1 fully saturated rings. The monoisotopic (exact) mass is 538 g/mol. The zero-order valence-corrected chi connectivity index (χ0v) is 23.4. The first-order valence-electron chi connectivity index (χ1n) is 13.1. The number of amides is 1. The Morgan fingerprint density at radius 1 is 1.05 bits per heavy atom. The van der Waals surface area contributed by atoms with Gasteiger partial charge in [-0.2, -0.15) is 0 Å². The van der Waals surface area contributed by atoms with E-state index < -0.39 is 17.7 Å². The minimum atomic E-state index is -0.816. The van der Waals surface area contributed by atoms with Crippen molar-refractivity contribution < 1.29 is 19.4 Å². The number of Topliss-reactive ketones (excluding diaryl/α,β-unsaturated/α-hetero) is 1. The van der Waals surface area contributed by atoms with Gasteiger partial charge in [0.05, 0.1) is 21.8 Å². The SMILES string of the molecule is Cc1ccc2nc(N3C(=O)C(=O)/C(=C(/O)c4ccc5c(c4)C[C@@H](C)O5)[C@@H]3c3ccc(C(C)(C)C)cc3)sc2c1. The molecular weight excluding hydrogens is 508 g/mol. The van der Waals surface area contributed by atoms with Crippen LogP contribution in [0.4, 0.5) is 5.13 Å². The second-order valence-corrected chi connectivity index (χ2v) is 12.5. The number of fused-ring (bicyclic) bond motifs is 2. The van der Waals surface area contributed by atoms with Crippen LogP contribution in [0.5, 0.6) is 5.75 Å². The fourth-order valence-corrected chi connectivity index (χ4v) is 6.45. The van der Waals surface area contributed by atoms with Gasteiger partial charge in [-0.05, 0) is 71.8 Å². The minimum Gasteiger partial charge on any atom is -0.507 e. The van der Waals surface area contributed by atoms with Gasteiger partial charge in [-0.15, -0.1) is 0 Å². The summed E-state index contributed by atoms with van der Waals surface area (Å²) in [6, 6.07) is 18.4. The van der Waals surface area contributed by atoms with Crippen molar-refractivity contribution in [2.75, 3.05) is 4.90 Å². The van der Waals surface area contributed by atoms with Gasteiger partial charge in [0.1, 0.15) is 17.6 Å². The molecule has 2 aliphatic heterocycles. The summed E-state index contributed by atoms with van der Waals surface area (Å²) in [4.78, 5) is 33.4. The van der Waals surface area contributed by atoms with E-state index in [0.29, 0.717) is 17.1 Å². The maximum Gasteiger partial charge on any atom is 0.301 e. The van der Waals surface area contributed by atoms with Gasteiger partial charge >= 0.3 is 5.91 Å². The molecule has 1 N–H and O–H groups in total. The highest BCUT2D eigenvalue weighted by molar-refractivity contribution is 7.22. The molecule has 1 amide bonds. The Bertz CT molecular complexity index is 1680. The molecule has 0 radical (unpaired) electrons. The lowest BCUT2D eigenvalue weighted by atomic mass is 9.85. The predicted molar refractivity (Wildman–Crippen MR) is 155 cm³/mol. The standard InChI is InChI=1S/C32H30N2O4S/c1-17-6-12-23-25(14-17)39-31(33-23)34-27(19-7-10-22(11-8-19)32(3,4)5)26(29(36)30(34)37)28(35)20-9-13-24-21(16-20)15-18(2)38-24/h6-14,16,18,27,35H,15H2,1-5H3/b28-26+/t18-,27+/m1/s1. The van der Waals surface area contributed by atoms with Gasteiger partial charge in [0.25, 0.3) is 5.78 Å². The summed E-state index contributed by atoms with van der Waals surface area (Å²) in [7, 11) is 0. The number of benzene rings is 3. The Morgan fingerprint density at radius 2 is 1.79 bits per heavy atom. The van der Waals surface area contributed by atoms with Crippen LogP contribution < -0.4 is 9.64 Å². The lowest BCUT2D eigenvalue weighted by molar-refractivity contribution is -0.132. The Balaban J connectivity index is 1.53. The van der Waals surface area contributed by atoms with E-state index in [1.165, 1.54) is 16.2 Å². The maximum absolute atomic E-state index is 13.6. The topological polar surface area (TPSA) is 79.7 Å². The van der Waals surface area contributed by atoms with E-state index in [1.54, 1.807) is 6.07 Å². The third-order valence-electron chi connectivity index (χ3n) is 7.45. The van der Waals surface area contributed by atoms with Gasteiger partial charge in [-0.25, -0.2) is 4.98 Å². The molecule has 39 heavy (non-hydrogen) atoms. The van der Waals surface area contributed by atoms with E-state index >= 15 is 0 Å². The van der Waals surface area contributed by atoms with Crippen molar-refractivity contribution >= 4 is 44.1 Å². The molecule has 0 unspecified atom stereocenters. The molecule has 7 heteroatoms. The van der Waals surface area contributed by atoms with E-state index in [9.17, 15) is 14.7 Å². The lowest BCUT2D eigenvalue weighted by Gasteiger charge is -2.24. The van der Waals surface area contributed by atoms with Crippen molar-refractivity contribution in [2.24, 2.45) is 0 Å². The number of ketones is 1. The first-order valence-corrected chi connectivity index (χ1v) is 13.9. The van der Waals surface area contributed by atoms with E-state index in [0.717, 1.165) is 38.2 Å². The average Bonchev–Trinajstić information content (AvgIpc) is 3.55. The molecule has 0 saturated carbocycles. The largest absolute Gasteiger partial charge is 0.507 e. The Morgan fingerprint density at radius 3 is 2.51 bits per heavy atom. The minimum absolute atomic E-state index is 0.0481. The summed E-state index contributed by atoms with van der Waals surface area (Å²) in [6.45, 7) is 10.4. The number of anilines is 1. The van der Waals surface area contributed by atoms with Crippen LogP contribution >= 0.6 is 11.3 Å². The first kappa shape index (κ1) is 25.3. The van der Waals surface area contributed by atoms with Crippen LogP contribution in [0.25, 0.3) is 16.0 Å². The molecule has 3 aromatic carbocycles. The number of aromatic nitrogens is 1. The van der Waals surface area contributed by atoms with Crippen molar-refractivity contribution in [3.63, 3.8) is 0 Å². The van der Waals surface area contributed by atoms with Gasteiger partial charge in [-0.1, -0.05) is 62.4 Å². The third-order valence-corrected chi connectivity index (χ3v) is 8.46. The molecule has 6 nitrogen and oxygen atoms in total. The number of ether oxygens (including phenoxy) is 1. The van der Waals surface area contributed by atoms with Gasteiger partial charge in [0.2, 0.25) is 0 Å². The number of aliphatic hydroxyl groups excluding tert-OH is 1. The zero-order valence-electron chi connectivity index (χ0n) is 22.6. The zero-order chi connectivity index (χ0) is 27.6. The predicted octanol–water partition coefficient (Wildman–Crippen LogP) is 6.85. The van der Waals surface area contributed by atoms with Crippen molar-refractivity contribution in [1.82, 2.24) is 4.98 Å². The third kappa shape index (κ3) is 4.31. The van der Waals surface area contributed by atoms with Crippen LogP contribution in [0.2, 0.25) is 0 Å². The van der Waals surface area contributed by atoms with Crippen molar-refractivity contribution in [1.29, 1.82) is 0 Å². The quantitative estimate of drug-likeness (QED) is 0.175. The molecule has 4 aromatic rings. The number of hydrogen-bond acceptors (Lipinski definition) is 6. The normalized spacial score (nSPS) is 20.5. The maximum atomic E-state index is 13.6. The lowest BCUT2D eigenvalue weighted by Crippen LogP contribution is -2.29. The molecule has 2 atom stereocenters. The fraction of sp³-hybridized carbons (Fsp3) is 0.281. The summed E-state index contributed by atoms with van der Waals surface area (Å²) in [6.07, 6.45) is 0.764. The fourth-order valence-electron chi connectivity index (χ4n) is 5.36. The summed E-state index contributed by atoms with van der Waals surface area (Å²) in [5.74, 6) is -0.841. The molecule has 3 heterocycles. The second kappa shape index (κ2) is 9.06. The Labute approximate surface area is 231 Å². The van der Waals surface area contributed by atoms with Gasteiger partial charge in [-0.3, -0.25) is 14.5 Å². The van der Waals surface area contributed by atoms with Crippen LogP contribution in [0.3, 0.4) is 0 Å². The number of carbonyl (C=O) groups excluding carboxylic acids is 2. The number of carbonyl (C=O) groups is 2. The molecule has 198 valence electrons. The highest BCUT2D eigenvalue weighted by Crippen LogP contribution is 2.45. The van der Waals surface area contributed by atoms with Crippen LogP contribution in [0.15, 0.2) is 66.2 Å². The van der Waals surface area contributed by atoms with Crippen molar-refractivity contribution in [3.8, 4) is 5.75 Å². The highest BCUT2D eigenvalue weighted by atomic mass is 32.1. The van der Waals surface area contributed by atoms with Crippen LogP contribution in [-0.2, 0) is 21.4 Å². The molecular formula is C32H30N2O4S. The summed E-state index contributed by atoms with van der Waals surface area (Å²) < 4.78 is 6.74. The molecule has 1 saturated heterocycles.